The van der Waals surface area contributed by atoms with Crippen molar-refractivity contribution < 1.29 is 0 Å². The van der Waals surface area contributed by atoms with Gasteiger partial charge in [0.15, 0.2) is 0 Å². The molecule has 1 aliphatic rings. The normalized spacial score (nSPS) is 22.7. The largest absolute Gasteiger partial charge is 0.309 e. The average molecular weight is 210 g/mol. The molecule has 15 heavy (non-hydrogen) atoms. The van der Waals surface area contributed by atoms with Crippen molar-refractivity contribution in [3.63, 3.8) is 0 Å². The second-order valence-electron chi connectivity index (χ2n) is 4.83. The number of rotatable bonds is 5. The summed E-state index contributed by atoms with van der Waals surface area (Å²) in [6.45, 7) is 7.18. The van der Waals surface area contributed by atoms with Crippen molar-refractivity contribution in [3.05, 3.63) is 12.7 Å². The standard InChI is InChI=1S/C13H26N2/c1-5-12(14-6-2)13(15(3)4)10-8-7-9-11-13/h5,12,14H,1,6-11H2,2-4H3. The Kier molecular flexibility index (Phi) is 4.81. The van der Waals surface area contributed by atoms with Crippen LogP contribution in [0, 0.1) is 0 Å². The van der Waals surface area contributed by atoms with E-state index in [0.29, 0.717) is 11.6 Å². The van der Waals surface area contributed by atoms with Crippen LogP contribution in [0.1, 0.15) is 39.0 Å². The van der Waals surface area contributed by atoms with E-state index in [4.69, 9.17) is 0 Å². The summed E-state index contributed by atoms with van der Waals surface area (Å²) in [5, 5.41) is 3.56. The smallest absolute Gasteiger partial charge is 0.0433 e. The molecule has 0 aromatic rings. The van der Waals surface area contributed by atoms with Crippen molar-refractivity contribution in [2.45, 2.75) is 50.6 Å². The van der Waals surface area contributed by atoms with E-state index in [2.05, 4.69) is 43.9 Å². The Hall–Kier alpha value is -0.340. The third-order valence-electron chi connectivity index (χ3n) is 3.85. The third-order valence-corrected chi connectivity index (χ3v) is 3.85. The fraction of sp³-hybridized carbons (Fsp3) is 0.846. The number of hydrogen-bond donors (Lipinski definition) is 1. The molecule has 1 atom stereocenters. The van der Waals surface area contributed by atoms with Gasteiger partial charge in [-0.05, 0) is 33.5 Å². The summed E-state index contributed by atoms with van der Waals surface area (Å²) in [5.74, 6) is 0. The van der Waals surface area contributed by atoms with Crippen molar-refractivity contribution in [3.8, 4) is 0 Å². The third kappa shape index (κ3) is 2.61. The Morgan fingerprint density at radius 2 is 1.93 bits per heavy atom. The van der Waals surface area contributed by atoms with E-state index < -0.39 is 0 Å². The van der Waals surface area contributed by atoms with Gasteiger partial charge in [-0.3, -0.25) is 0 Å². The number of nitrogens with zero attached hydrogens (tertiary/aromatic N) is 1. The van der Waals surface area contributed by atoms with Crippen LogP contribution in [0.2, 0.25) is 0 Å². The van der Waals surface area contributed by atoms with Crippen LogP contribution in [0.4, 0.5) is 0 Å². The summed E-state index contributed by atoms with van der Waals surface area (Å²) in [6, 6.07) is 0.429. The predicted octanol–water partition coefficient (Wildman–Crippen LogP) is 2.42. The van der Waals surface area contributed by atoms with Crippen molar-refractivity contribution >= 4 is 0 Å². The highest BCUT2D eigenvalue weighted by Gasteiger charge is 2.39. The highest BCUT2D eigenvalue weighted by atomic mass is 15.2. The Bertz CT molecular complexity index is 193. The molecule has 1 saturated carbocycles. The van der Waals surface area contributed by atoms with Gasteiger partial charge in [0.2, 0.25) is 0 Å². The van der Waals surface area contributed by atoms with Crippen LogP contribution in [0.25, 0.3) is 0 Å². The summed E-state index contributed by atoms with van der Waals surface area (Å²) in [4.78, 5) is 2.40. The molecule has 0 heterocycles. The molecule has 1 unspecified atom stereocenters. The molecular weight excluding hydrogens is 184 g/mol. The molecule has 0 aromatic carbocycles. The van der Waals surface area contributed by atoms with Crippen LogP contribution in [0.15, 0.2) is 12.7 Å². The van der Waals surface area contributed by atoms with Crippen LogP contribution in [-0.4, -0.2) is 37.1 Å². The molecule has 0 aliphatic heterocycles. The first kappa shape index (κ1) is 12.7. The van der Waals surface area contributed by atoms with Gasteiger partial charge in [-0.15, -0.1) is 6.58 Å². The van der Waals surface area contributed by atoms with E-state index in [1.165, 1.54) is 32.1 Å². The maximum atomic E-state index is 3.99. The Balaban J connectivity index is 2.81. The summed E-state index contributed by atoms with van der Waals surface area (Å²) in [7, 11) is 4.42. The molecule has 2 heteroatoms. The van der Waals surface area contributed by atoms with Crippen LogP contribution in [0.3, 0.4) is 0 Å². The Morgan fingerprint density at radius 3 is 2.33 bits per heavy atom. The van der Waals surface area contributed by atoms with Gasteiger partial charge >= 0.3 is 0 Å². The lowest BCUT2D eigenvalue weighted by atomic mass is 9.75. The van der Waals surface area contributed by atoms with E-state index in [1.54, 1.807) is 0 Å². The van der Waals surface area contributed by atoms with Crippen LogP contribution >= 0.6 is 0 Å². The maximum Gasteiger partial charge on any atom is 0.0433 e. The molecule has 1 N–H and O–H groups in total. The van der Waals surface area contributed by atoms with Crippen LogP contribution < -0.4 is 5.32 Å². The zero-order valence-corrected chi connectivity index (χ0v) is 10.6. The van der Waals surface area contributed by atoms with Gasteiger partial charge in [-0.2, -0.15) is 0 Å². The first-order valence-electron chi connectivity index (χ1n) is 6.20. The van der Waals surface area contributed by atoms with Gasteiger partial charge in [0.05, 0.1) is 0 Å². The number of likely N-dealkylation sites (N-methyl/N-ethyl adjacent to an activating group) is 2. The molecular formula is C13H26N2. The van der Waals surface area contributed by atoms with Gasteiger partial charge in [0.25, 0.3) is 0 Å². The van der Waals surface area contributed by atoms with Gasteiger partial charge in [0.1, 0.15) is 0 Å². The SMILES string of the molecule is C=CC(NCC)C1(N(C)C)CCCCC1. The zero-order valence-electron chi connectivity index (χ0n) is 10.6. The van der Waals surface area contributed by atoms with E-state index in [9.17, 15) is 0 Å². The summed E-state index contributed by atoms with van der Waals surface area (Å²) in [5.41, 5.74) is 0.302. The van der Waals surface area contributed by atoms with E-state index in [0.717, 1.165) is 6.54 Å². The fourth-order valence-corrected chi connectivity index (χ4v) is 2.91. The van der Waals surface area contributed by atoms with Gasteiger partial charge < -0.3 is 10.2 Å². The van der Waals surface area contributed by atoms with Crippen molar-refractivity contribution in [2.75, 3.05) is 20.6 Å². The molecule has 0 saturated heterocycles. The second kappa shape index (κ2) is 5.66. The van der Waals surface area contributed by atoms with Crippen molar-refractivity contribution in [1.29, 1.82) is 0 Å². The van der Waals surface area contributed by atoms with Gasteiger partial charge in [0, 0.05) is 11.6 Å². The van der Waals surface area contributed by atoms with Crippen LogP contribution in [-0.2, 0) is 0 Å². The molecule has 0 spiro atoms. The van der Waals surface area contributed by atoms with Crippen molar-refractivity contribution in [2.24, 2.45) is 0 Å². The highest BCUT2D eigenvalue weighted by Crippen LogP contribution is 2.35. The average Bonchev–Trinajstić information content (AvgIpc) is 2.26. The molecule has 1 aliphatic carbocycles. The number of hydrogen-bond acceptors (Lipinski definition) is 2. The van der Waals surface area contributed by atoms with Crippen LogP contribution in [0.5, 0.6) is 0 Å². The molecule has 2 nitrogen and oxygen atoms in total. The molecule has 0 bridgehead atoms. The van der Waals surface area contributed by atoms with Gasteiger partial charge in [-0.25, -0.2) is 0 Å². The minimum Gasteiger partial charge on any atom is -0.309 e. The highest BCUT2D eigenvalue weighted by molar-refractivity contribution is 5.07. The van der Waals surface area contributed by atoms with Crippen molar-refractivity contribution in [1.82, 2.24) is 10.2 Å². The zero-order chi connectivity index (χ0) is 11.3. The van der Waals surface area contributed by atoms with E-state index in [-0.39, 0.29) is 0 Å². The fourth-order valence-electron chi connectivity index (χ4n) is 2.91. The predicted molar refractivity (Wildman–Crippen MR) is 67.2 cm³/mol. The molecule has 88 valence electrons. The molecule has 0 radical (unpaired) electrons. The lowest BCUT2D eigenvalue weighted by molar-refractivity contribution is 0.0744. The summed E-state index contributed by atoms with van der Waals surface area (Å²) >= 11 is 0. The molecule has 0 amide bonds. The molecule has 1 fully saturated rings. The summed E-state index contributed by atoms with van der Waals surface area (Å²) in [6.07, 6.45) is 8.79. The Morgan fingerprint density at radius 1 is 1.33 bits per heavy atom. The second-order valence-corrected chi connectivity index (χ2v) is 4.83. The topological polar surface area (TPSA) is 15.3 Å². The first-order valence-corrected chi connectivity index (χ1v) is 6.20. The lowest BCUT2D eigenvalue weighted by Gasteiger charge is -2.47. The van der Waals surface area contributed by atoms with Gasteiger partial charge in [-0.1, -0.05) is 32.3 Å². The molecule has 0 aromatic heterocycles. The first-order chi connectivity index (χ1) is 7.17. The quantitative estimate of drug-likeness (QED) is 0.701. The minimum atomic E-state index is 0.302. The molecule has 1 rings (SSSR count). The Labute approximate surface area is 94.7 Å². The monoisotopic (exact) mass is 210 g/mol. The number of nitrogens with one attached hydrogen (secondary N) is 1. The lowest BCUT2D eigenvalue weighted by Crippen LogP contribution is -2.59. The maximum absolute atomic E-state index is 3.99. The summed E-state index contributed by atoms with van der Waals surface area (Å²) < 4.78 is 0. The van der Waals surface area contributed by atoms with E-state index >= 15 is 0 Å². The minimum absolute atomic E-state index is 0.302. The van der Waals surface area contributed by atoms with E-state index in [1.807, 2.05) is 0 Å².